The molecular weight excluding hydrogens is 1360 g/mol. The number of aliphatic imine (C=N–C) groups is 2. The summed E-state index contributed by atoms with van der Waals surface area (Å²) in [5, 5.41) is 45.4. The summed E-state index contributed by atoms with van der Waals surface area (Å²) in [5.41, 5.74) is 0. The predicted molar refractivity (Wildman–Crippen MR) is 400 cm³/mol. The quantitative estimate of drug-likeness (QED) is 0.00836. The summed E-state index contributed by atoms with van der Waals surface area (Å²) in [6, 6.07) is -2.44. The second-order valence-corrected chi connectivity index (χ2v) is 32.3. The van der Waals surface area contributed by atoms with Gasteiger partial charge in [-0.1, -0.05) is 306 Å². The molecule has 0 aromatic heterocycles. The molecule has 0 radical (unpaired) electrons. The van der Waals surface area contributed by atoms with Gasteiger partial charge in [-0.05, 0) is 50.3 Å². The van der Waals surface area contributed by atoms with Gasteiger partial charge >= 0.3 is 39.5 Å². The SMILES string of the molecule is CCCCCCCCCCCCCC(=O)OC[C@H](COP(=O)(O)OC[C@H](CO)N=C([O-])CCSSCCC([O-])=N[C@@H](CO)COP(=O)(O)OC[C@@H](COC(=O)CCCCCCCCCCCCC)OC(=O)CCCCCCCCCCCCC)OC(=O)CCCCCCCCCCCCC. The lowest BCUT2D eigenvalue weighted by Gasteiger charge is -2.21. The Balaban J connectivity index is 5.18. The van der Waals surface area contributed by atoms with Crippen LogP contribution in [0.3, 0.4) is 0 Å². The van der Waals surface area contributed by atoms with Gasteiger partial charge in [-0.25, -0.2) is 9.13 Å². The van der Waals surface area contributed by atoms with Crippen LogP contribution in [0.1, 0.15) is 349 Å². The third-order valence-electron chi connectivity index (χ3n) is 17.1. The lowest BCUT2D eigenvalue weighted by Crippen LogP contribution is -2.30. The number of carbonyl (C=O) groups excluding carboxylic acids is 4. The lowest BCUT2D eigenvalue weighted by molar-refractivity contribution is -0.219. The Morgan fingerprint density at radius 1 is 0.330 bits per heavy atom. The average Bonchev–Trinajstić information content (AvgIpc) is 0.937. The average molecular weight is 1500 g/mol. The van der Waals surface area contributed by atoms with E-state index in [1.165, 1.54) is 189 Å². The van der Waals surface area contributed by atoms with Crippen LogP contribution in [-0.4, -0.2) is 144 Å². The maximum Gasteiger partial charge on any atom is 0.472 e. The second kappa shape index (κ2) is 70.9. The minimum Gasteiger partial charge on any atom is -0.862 e. The molecule has 0 fully saturated rings. The number of rotatable bonds is 77. The molecule has 0 aliphatic heterocycles. The van der Waals surface area contributed by atoms with Gasteiger partial charge in [0.2, 0.25) is 0 Å². The molecule has 22 nitrogen and oxygen atoms in total. The molecule has 0 aromatic carbocycles. The van der Waals surface area contributed by atoms with Crippen LogP contribution in [0.15, 0.2) is 9.98 Å². The highest BCUT2D eigenvalue weighted by Crippen LogP contribution is 2.44. The first-order valence-electron chi connectivity index (χ1n) is 39.3. The molecule has 0 aliphatic carbocycles. The summed E-state index contributed by atoms with van der Waals surface area (Å²) in [6.07, 6.45) is 47.0. The third-order valence-corrected chi connectivity index (χ3v) is 21.4. The molecule has 590 valence electrons. The molecule has 2 unspecified atom stereocenters. The van der Waals surface area contributed by atoms with E-state index in [0.717, 1.165) is 89.9 Å². The molecule has 0 spiro atoms. The molecular formula is C74H140N2O20P2S2-2. The van der Waals surface area contributed by atoms with E-state index in [-0.39, 0.29) is 50.0 Å². The molecule has 0 saturated heterocycles. The highest BCUT2D eigenvalue weighted by molar-refractivity contribution is 8.76. The number of hydrogen-bond donors (Lipinski definition) is 4. The van der Waals surface area contributed by atoms with Gasteiger partial charge in [-0.3, -0.25) is 47.3 Å². The Morgan fingerprint density at radius 3 is 0.790 bits per heavy atom. The van der Waals surface area contributed by atoms with E-state index in [2.05, 4.69) is 37.7 Å². The van der Waals surface area contributed by atoms with Gasteiger partial charge in [0.25, 0.3) is 0 Å². The highest BCUT2D eigenvalue weighted by atomic mass is 33.1. The van der Waals surface area contributed by atoms with Crippen molar-refractivity contribution in [3.8, 4) is 0 Å². The topological polar surface area (TPSA) is 328 Å². The zero-order valence-electron chi connectivity index (χ0n) is 62.7. The van der Waals surface area contributed by atoms with Crippen molar-refractivity contribution in [2.45, 2.75) is 373 Å². The van der Waals surface area contributed by atoms with Crippen molar-refractivity contribution in [1.29, 1.82) is 0 Å². The standard InChI is InChI=1S/C74H142N2O20P2S2/c1-5-9-13-17-21-25-29-33-37-41-45-49-71(81)89-61-67(95-73(83)51-47-43-39-35-31-27-23-19-15-11-7-3)63-93-97(85,86)91-59-65(57-77)75-69(79)53-55-99-100-56-54-70(80)76-66(58-78)60-92-98(87,88)94-64-68(96-74(84)52-48-44-40-36-32-28-24-20-16-12-8-4)62-90-72(82)50-46-42-38-34-30-26-22-18-14-10-6-2/h65-68,77-78H,5-64H2,1-4H3,(H,75,79)(H,76,80)(H,85,86)(H,87,88)/p-2/t65-,66-,67+,68+/m0/s1. The Hall–Kier alpha value is -2.34. The van der Waals surface area contributed by atoms with Crippen molar-refractivity contribution < 1.29 is 95.6 Å². The van der Waals surface area contributed by atoms with E-state index in [4.69, 9.17) is 37.0 Å². The van der Waals surface area contributed by atoms with E-state index in [9.17, 15) is 58.5 Å². The van der Waals surface area contributed by atoms with Gasteiger partial charge in [-0.2, -0.15) is 0 Å². The van der Waals surface area contributed by atoms with E-state index >= 15 is 0 Å². The predicted octanol–water partition coefficient (Wildman–Crippen LogP) is 17.4. The molecule has 0 bridgehead atoms. The summed E-state index contributed by atoms with van der Waals surface area (Å²) in [5.74, 6) is -2.88. The van der Waals surface area contributed by atoms with Crippen LogP contribution in [0.2, 0.25) is 0 Å². The van der Waals surface area contributed by atoms with Crippen LogP contribution in [-0.2, 0) is 65.4 Å². The van der Waals surface area contributed by atoms with Gasteiger partial charge < -0.3 is 49.2 Å². The number of phosphoric ester groups is 2. The first-order chi connectivity index (χ1) is 48.4. The Bertz CT molecular complexity index is 1960. The smallest absolute Gasteiger partial charge is 0.472 e. The number of phosphoric acid groups is 2. The molecule has 0 saturated carbocycles. The first-order valence-corrected chi connectivity index (χ1v) is 44.8. The maximum absolute atomic E-state index is 13.0. The zero-order valence-corrected chi connectivity index (χ0v) is 66.1. The zero-order chi connectivity index (χ0) is 73.7. The number of unbranched alkanes of at least 4 members (excludes halogenated alkanes) is 40. The third kappa shape index (κ3) is 67.5. The van der Waals surface area contributed by atoms with Crippen LogP contribution in [0.5, 0.6) is 0 Å². The van der Waals surface area contributed by atoms with Gasteiger partial charge in [0.05, 0.1) is 51.7 Å². The Kier molecular flexibility index (Phi) is 69.3. The fraction of sp³-hybridized carbons (Fsp3) is 0.919. The van der Waals surface area contributed by atoms with Gasteiger partial charge in [0, 0.05) is 37.2 Å². The number of esters is 4. The molecule has 0 amide bonds. The molecule has 26 heteroatoms. The van der Waals surface area contributed by atoms with Crippen LogP contribution in [0.25, 0.3) is 0 Å². The van der Waals surface area contributed by atoms with E-state index in [1.54, 1.807) is 0 Å². The summed E-state index contributed by atoms with van der Waals surface area (Å²) in [6.45, 7) is 4.02. The van der Waals surface area contributed by atoms with Crippen LogP contribution < -0.4 is 10.2 Å². The molecule has 4 N–H and O–H groups in total. The van der Waals surface area contributed by atoms with Crippen LogP contribution >= 0.6 is 37.2 Å². The van der Waals surface area contributed by atoms with E-state index in [1.807, 2.05) is 0 Å². The first kappa shape index (κ1) is 97.7. The number of nitrogens with zero attached hydrogens (tertiary/aromatic N) is 2. The highest BCUT2D eigenvalue weighted by Gasteiger charge is 2.29. The lowest BCUT2D eigenvalue weighted by atomic mass is 10.1. The van der Waals surface area contributed by atoms with Crippen molar-refractivity contribution in [3.63, 3.8) is 0 Å². The summed E-state index contributed by atoms with van der Waals surface area (Å²) in [4.78, 5) is 80.2. The minimum absolute atomic E-state index is 0.0928. The number of hydrogen-bond acceptors (Lipinski definition) is 22. The van der Waals surface area contributed by atoms with Crippen molar-refractivity contribution in [2.75, 3.05) is 64.4 Å². The summed E-state index contributed by atoms with van der Waals surface area (Å²) < 4.78 is 68.6. The Morgan fingerprint density at radius 2 is 0.550 bits per heavy atom. The van der Waals surface area contributed by atoms with Gasteiger partial charge in [-0.15, -0.1) is 0 Å². The van der Waals surface area contributed by atoms with Crippen molar-refractivity contribution in [1.82, 2.24) is 0 Å². The van der Waals surface area contributed by atoms with E-state index in [0.29, 0.717) is 25.7 Å². The summed E-state index contributed by atoms with van der Waals surface area (Å²) >= 11 is 0. The normalized spacial score (nSPS) is 14.5. The van der Waals surface area contributed by atoms with Gasteiger partial charge in [0.15, 0.2) is 12.2 Å². The number of aliphatic hydroxyl groups is 2. The molecule has 0 rings (SSSR count). The molecule has 6 atom stereocenters. The van der Waals surface area contributed by atoms with Crippen LogP contribution in [0, 0.1) is 0 Å². The number of aliphatic hydroxyl groups excluding tert-OH is 2. The summed E-state index contributed by atoms with van der Waals surface area (Å²) in [7, 11) is -7.24. The van der Waals surface area contributed by atoms with Crippen molar-refractivity contribution in [2.24, 2.45) is 9.98 Å². The fourth-order valence-corrected chi connectivity index (χ4v) is 14.5. The molecule has 100 heavy (non-hydrogen) atoms. The second-order valence-electron chi connectivity index (χ2n) is 26.7. The van der Waals surface area contributed by atoms with Crippen molar-refractivity contribution >= 4 is 72.9 Å². The van der Waals surface area contributed by atoms with Gasteiger partial charge in [0.1, 0.15) is 13.2 Å². The maximum atomic E-state index is 13.0. The minimum atomic E-state index is -4.87. The monoisotopic (exact) mass is 1500 g/mol. The van der Waals surface area contributed by atoms with Crippen molar-refractivity contribution in [3.05, 3.63) is 0 Å². The van der Waals surface area contributed by atoms with E-state index < -0.39 is 128 Å². The largest absolute Gasteiger partial charge is 0.862 e. The number of ether oxygens (including phenoxy) is 4. The molecule has 0 aliphatic rings. The Labute approximate surface area is 612 Å². The number of carbonyl (C=O) groups is 4. The molecule has 0 aromatic rings. The van der Waals surface area contributed by atoms with Crippen LogP contribution in [0.4, 0.5) is 0 Å². The fourth-order valence-electron chi connectivity index (χ4n) is 10.9. The molecule has 0 heterocycles.